The molecule has 0 saturated carbocycles. The van der Waals surface area contributed by atoms with Crippen LogP contribution >= 0.6 is 0 Å². The third kappa shape index (κ3) is 10.0. The lowest BCUT2D eigenvalue weighted by Crippen LogP contribution is -2.54. The van der Waals surface area contributed by atoms with E-state index in [0.717, 1.165) is 49.8 Å². The first kappa shape index (κ1) is 45.3. The van der Waals surface area contributed by atoms with E-state index in [0.29, 0.717) is 53.5 Å². The smallest absolute Gasteiger partial charge is 0.328 e. The number of rotatable bonds is 20. The maximum atomic E-state index is 14.0. The van der Waals surface area contributed by atoms with Gasteiger partial charge in [0, 0.05) is 62.6 Å². The number of aromatic nitrogens is 2. The molecule has 336 valence electrons. The number of benzene rings is 4. The van der Waals surface area contributed by atoms with Crippen LogP contribution in [0.3, 0.4) is 0 Å². The molecule has 1 saturated heterocycles. The standard InChI is InChI=1S/C47H52N6O10S/c1-4-23-62-33-14-12-15-34(27-33)63-41-28-40-39(51(2)47(59)52(40)3)25-31(41)29-64(60,61)35-16-11-13-30(24-35)43(55)49-22-10-8-6-5-7-9-21-48-32-17-18-36-37(26-32)46(58)53(45(36)57)38-19-20-42(54)50-44(38)56/h11-18,24-28,38,48H,4-10,19-23,29H2,1-3H3,(H,49,55)(H,50,54,56). The van der Waals surface area contributed by atoms with Gasteiger partial charge in [-0.2, -0.15) is 0 Å². The Morgan fingerprint density at radius 2 is 1.47 bits per heavy atom. The van der Waals surface area contributed by atoms with Gasteiger partial charge in [0.25, 0.3) is 17.7 Å². The highest BCUT2D eigenvalue weighted by Crippen LogP contribution is 2.34. The van der Waals surface area contributed by atoms with Crippen molar-refractivity contribution in [1.29, 1.82) is 0 Å². The van der Waals surface area contributed by atoms with Crippen molar-refractivity contribution in [2.45, 2.75) is 81.4 Å². The fraction of sp³-hybridized carbons (Fsp3) is 0.362. The SMILES string of the molecule is CCCOc1cccc(Oc2cc3c(cc2CS(=O)(=O)c2cccc(C(=O)NCCCCCCCCNc4ccc5c(c4)C(=O)N(C4CCC(=O)NC4=O)C5=O)c2)n(C)c(=O)n3C)c1. The summed E-state index contributed by atoms with van der Waals surface area (Å²) < 4.78 is 42.9. The van der Waals surface area contributed by atoms with E-state index in [9.17, 15) is 37.2 Å². The molecule has 1 aromatic heterocycles. The minimum absolute atomic E-state index is 0.0196. The van der Waals surface area contributed by atoms with E-state index in [4.69, 9.17) is 9.47 Å². The number of piperidine rings is 1. The van der Waals surface area contributed by atoms with E-state index >= 15 is 0 Å². The number of nitrogens with zero attached hydrogens (tertiary/aromatic N) is 3. The zero-order valence-electron chi connectivity index (χ0n) is 36.1. The minimum atomic E-state index is -3.99. The van der Waals surface area contributed by atoms with E-state index in [2.05, 4.69) is 16.0 Å². The van der Waals surface area contributed by atoms with Gasteiger partial charge in [0.05, 0.1) is 39.4 Å². The highest BCUT2D eigenvalue weighted by atomic mass is 32.2. The first-order chi connectivity index (χ1) is 30.7. The Balaban J connectivity index is 0.865. The van der Waals surface area contributed by atoms with Gasteiger partial charge in [0.1, 0.15) is 23.3 Å². The van der Waals surface area contributed by atoms with E-state index in [1.165, 1.54) is 21.3 Å². The molecule has 0 bridgehead atoms. The Hall–Kier alpha value is -6.75. The van der Waals surface area contributed by atoms with Crippen molar-refractivity contribution in [2.75, 3.05) is 25.0 Å². The topological polar surface area (TPSA) is 204 Å². The molecule has 3 heterocycles. The number of ether oxygens (including phenoxy) is 2. The molecule has 5 aromatic rings. The van der Waals surface area contributed by atoms with Crippen molar-refractivity contribution in [2.24, 2.45) is 14.1 Å². The molecule has 2 aliphatic heterocycles. The Morgan fingerprint density at radius 1 is 0.781 bits per heavy atom. The summed E-state index contributed by atoms with van der Waals surface area (Å²) in [5.41, 5.74) is 2.58. The summed E-state index contributed by atoms with van der Waals surface area (Å²) in [6.07, 6.45) is 6.41. The zero-order chi connectivity index (χ0) is 45.5. The number of hydrogen-bond donors (Lipinski definition) is 3. The predicted octanol–water partition coefficient (Wildman–Crippen LogP) is 6.02. The lowest BCUT2D eigenvalue weighted by atomic mass is 10.0. The van der Waals surface area contributed by atoms with Gasteiger partial charge in [-0.05, 0) is 80.3 Å². The highest BCUT2D eigenvalue weighted by Gasteiger charge is 2.44. The number of imide groups is 2. The van der Waals surface area contributed by atoms with Crippen LogP contribution in [0.25, 0.3) is 11.0 Å². The summed E-state index contributed by atoms with van der Waals surface area (Å²) in [5.74, 6) is -1.65. The van der Waals surface area contributed by atoms with Crippen molar-refractivity contribution >= 4 is 56.1 Å². The van der Waals surface area contributed by atoms with Gasteiger partial charge in [-0.15, -0.1) is 0 Å². The zero-order valence-corrected chi connectivity index (χ0v) is 36.9. The number of carbonyl (C=O) groups excluding carboxylic acids is 5. The Bertz CT molecular complexity index is 2800. The first-order valence-electron chi connectivity index (χ1n) is 21.5. The van der Waals surface area contributed by atoms with Gasteiger partial charge in [-0.25, -0.2) is 13.2 Å². The van der Waals surface area contributed by atoms with E-state index in [1.54, 1.807) is 74.8 Å². The third-order valence-electron chi connectivity index (χ3n) is 11.4. The average molecular weight is 893 g/mol. The van der Waals surface area contributed by atoms with Gasteiger partial charge >= 0.3 is 5.69 Å². The van der Waals surface area contributed by atoms with Gasteiger partial charge in [-0.3, -0.25) is 43.3 Å². The van der Waals surface area contributed by atoms with Crippen LogP contribution in [0, 0.1) is 0 Å². The van der Waals surface area contributed by atoms with Crippen LogP contribution in [0.4, 0.5) is 5.69 Å². The Labute approximate surface area is 370 Å². The molecule has 1 unspecified atom stereocenters. The molecule has 3 N–H and O–H groups in total. The summed E-state index contributed by atoms with van der Waals surface area (Å²) in [6, 6.07) is 20.3. The predicted molar refractivity (Wildman–Crippen MR) is 239 cm³/mol. The normalized spacial score (nSPS) is 15.0. The molecule has 64 heavy (non-hydrogen) atoms. The van der Waals surface area contributed by atoms with Crippen LogP contribution in [0.15, 0.2) is 88.6 Å². The lowest BCUT2D eigenvalue weighted by molar-refractivity contribution is -0.136. The second kappa shape index (κ2) is 19.7. The quantitative estimate of drug-likeness (QED) is 0.0609. The summed E-state index contributed by atoms with van der Waals surface area (Å²) in [4.78, 5) is 76.8. The number of anilines is 1. The van der Waals surface area contributed by atoms with Crippen molar-refractivity contribution < 1.29 is 41.9 Å². The van der Waals surface area contributed by atoms with Crippen molar-refractivity contribution in [3.63, 3.8) is 0 Å². The van der Waals surface area contributed by atoms with Gasteiger partial charge in [0.2, 0.25) is 11.8 Å². The largest absolute Gasteiger partial charge is 0.493 e. The van der Waals surface area contributed by atoms with Gasteiger partial charge < -0.3 is 20.1 Å². The molecule has 0 spiro atoms. The van der Waals surface area contributed by atoms with E-state index in [1.807, 2.05) is 13.0 Å². The molecule has 0 radical (unpaired) electrons. The monoisotopic (exact) mass is 892 g/mol. The Kier molecular flexibility index (Phi) is 14.0. The highest BCUT2D eigenvalue weighted by molar-refractivity contribution is 7.90. The second-order valence-corrected chi connectivity index (χ2v) is 18.1. The number of aryl methyl sites for hydroxylation is 2. The van der Waals surface area contributed by atoms with Crippen LogP contribution in [-0.4, -0.2) is 77.7 Å². The second-order valence-electron chi connectivity index (χ2n) is 16.1. The van der Waals surface area contributed by atoms with E-state index in [-0.39, 0.29) is 51.8 Å². The molecule has 7 rings (SSSR count). The molecule has 17 heteroatoms. The molecule has 5 amide bonds. The van der Waals surface area contributed by atoms with Gasteiger partial charge in [0.15, 0.2) is 9.84 Å². The number of carbonyl (C=O) groups is 5. The number of amides is 5. The molecule has 1 atom stereocenters. The summed E-state index contributed by atoms with van der Waals surface area (Å²) in [5, 5.41) is 8.40. The molecular weight excluding hydrogens is 841 g/mol. The maximum Gasteiger partial charge on any atom is 0.328 e. The number of sulfone groups is 1. The molecule has 2 aliphatic rings. The number of fused-ring (bicyclic) bond motifs is 2. The van der Waals surface area contributed by atoms with Gasteiger partial charge in [-0.1, -0.05) is 44.7 Å². The average Bonchev–Trinajstić information content (AvgIpc) is 3.64. The number of unbranched alkanes of at least 4 members (excludes halogenated alkanes) is 5. The van der Waals surface area contributed by atoms with Crippen molar-refractivity contribution in [3.8, 4) is 17.2 Å². The third-order valence-corrected chi connectivity index (χ3v) is 13.1. The maximum absolute atomic E-state index is 14.0. The van der Waals surface area contributed by atoms with Crippen LogP contribution in [0.5, 0.6) is 17.2 Å². The number of nitrogens with one attached hydrogen (secondary N) is 3. The molecule has 1 fully saturated rings. The lowest BCUT2D eigenvalue weighted by Gasteiger charge is -2.27. The molecular formula is C47H52N6O10S. The van der Waals surface area contributed by atoms with Crippen LogP contribution < -0.4 is 31.1 Å². The summed E-state index contributed by atoms with van der Waals surface area (Å²) >= 11 is 0. The molecule has 4 aromatic carbocycles. The van der Waals surface area contributed by atoms with Crippen LogP contribution in [-0.2, 0) is 39.3 Å². The summed E-state index contributed by atoms with van der Waals surface area (Å²) in [6.45, 7) is 3.62. The van der Waals surface area contributed by atoms with Crippen LogP contribution in [0.2, 0.25) is 0 Å². The van der Waals surface area contributed by atoms with Crippen molar-refractivity contribution in [3.05, 3.63) is 112 Å². The van der Waals surface area contributed by atoms with Crippen LogP contribution in [0.1, 0.15) is 101 Å². The molecule has 16 nitrogen and oxygen atoms in total. The number of hydrogen-bond acceptors (Lipinski definition) is 11. The molecule has 0 aliphatic carbocycles. The van der Waals surface area contributed by atoms with Crippen molar-refractivity contribution in [1.82, 2.24) is 24.7 Å². The minimum Gasteiger partial charge on any atom is -0.493 e. The number of imidazole rings is 1. The first-order valence-corrected chi connectivity index (χ1v) is 23.2. The fourth-order valence-electron chi connectivity index (χ4n) is 7.95. The van der Waals surface area contributed by atoms with E-state index < -0.39 is 45.3 Å². The summed E-state index contributed by atoms with van der Waals surface area (Å²) in [7, 11) is -0.730. The fourth-order valence-corrected chi connectivity index (χ4v) is 9.34. The Morgan fingerprint density at radius 3 is 2.22 bits per heavy atom.